The lowest BCUT2D eigenvalue weighted by molar-refractivity contribution is 0.0635. The number of carbonyl (C=O) groups is 2. The lowest BCUT2D eigenvalue weighted by atomic mass is 10.1. The second-order valence-corrected chi connectivity index (χ2v) is 8.66. The van der Waals surface area contributed by atoms with Crippen molar-refractivity contribution in [3.63, 3.8) is 0 Å². The topological polar surface area (TPSA) is 82.7 Å². The summed E-state index contributed by atoms with van der Waals surface area (Å²) in [5.41, 5.74) is 2.04. The van der Waals surface area contributed by atoms with E-state index in [0.717, 1.165) is 31.6 Å². The average molecular weight is 427 g/mol. The van der Waals surface area contributed by atoms with Crippen LogP contribution in [0, 0.1) is 0 Å². The smallest absolute Gasteiger partial charge is 0.412 e. The fraction of sp³-hybridized carbons (Fsp3) is 0.417. The van der Waals surface area contributed by atoms with E-state index in [2.05, 4.69) is 34.9 Å². The number of rotatable bonds is 9. The molecular formula is C24H34N4O3. The summed E-state index contributed by atoms with van der Waals surface area (Å²) in [4.78, 5) is 26.9. The molecule has 0 atom stereocenters. The average Bonchev–Trinajstić information content (AvgIpc) is 2.68. The molecule has 2 rings (SSSR count). The van der Waals surface area contributed by atoms with Crippen molar-refractivity contribution < 1.29 is 14.3 Å². The van der Waals surface area contributed by atoms with Crippen molar-refractivity contribution in [3.05, 3.63) is 59.7 Å². The van der Waals surface area contributed by atoms with Gasteiger partial charge in [0.25, 0.3) is 5.91 Å². The Morgan fingerprint density at radius 3 is 2.13 bits per heavy atom. The molecule has 0 bridgehead atoms. The predicted molar refractivity (Wildman–Crippen MR) is 126 cm³/mol. The van der Waals surface area contributed by atoms with Crippen LogP contribution < -0.4 is 16.0 Å². The van der Waals surface area contributed by atoms with Crippen LogP contribution in [0.15, 0.2) is 48.5 Å². The molecule has 0 saturated carbocycles. The van der Waals surface area contributed by atoms with Crippen LogP contribution in [0.2, 0.25) is 0 Å². The van der Waals surface area contributed by atoms with E-state index in [9.17, 15) is 9.59 Å². The van der Waals surface area contributed by atoms with Crippen LogP contribution >= 0.6 is 0 Å². The monoisotopic (exact) mass is 426 g/mol. The van der Waals surface area contributed by atoms with E-state index >= 15 is 0 Å². The van der Waals surface area contributed by atoms with Gasteiger partial charge in [0, 0.05) is 12.1 Å². The van der Waals surface area contributed by atoms with Gasteiger partial charge in [-0.05, 0) is 84.2 Å². The Labute approximate surface area is 185 Å². The fourth-order valence-corrected chi connectivity index (χ4v) is 2.84. The van der Waals surface area contributed by atoms with E-state index in [0.29, 0.717) is 16.9 Å². The van der Waals surface area contributed by atoms with E-state index in [4.69, 9.17) is 4.74 Å². The van der Waals surface area contributed by atoms with Gasteiger partial charge in [0.15, 0.2) is 0 Å². The van der Waals surface area contributed by atoms with Crippen LogP contribution in [0.4, 0.5) is 16.2 Å². The number of anilines is 2. The number of carbonyl (C=O) groups excluding carboxylic acids is 2. The Hall–Kier alpha value is -2.90. The van der Waals surface area contributed by atoms with Crippen LogP contribution in [-0.4, -0.2) is 49.7 Å². The third-order valence-electron chi connectivity index (χ3n) is 4.32. The summed E-state index contributed by atoms with van der Waals surface area (Å²) < 4.78 is 5.29. The molecule has 0 saturated heterocycles. The zero-order valence-electron chi connectivity index (χ0n) is 19.1. The van der Waals surface area contributed by atoms with Gasteiger partial charge >= 0.3 is 6.09 Å². The van der Waals surface area contributed by atoms with Crippen LogP contribution in [0.25, 0.3) is 0 Å². The van der Waals surface area contributed by atoms with Crippen LogP contribution in [0.5, 0.6) is 0 Å². The minimum Gasteiger partial charge on any atom is -0.444 e. The second kappa shape index (κ2) is 11.5. The first-order chi connectivity index (χ1) is 14.6. The van der Waals surface area contributed by atoms with Gasteiger partial charge in [-0.2, -0.15) is 0 Å². The van der Waals surface area contributed by atoms with Crippen LogP contribution in [0.3, 0.4) is 0 Å². The summed E-state index contributed by atoms with van der Waals surface area (Å²) in [7, 11) is 4.13. The Morgan fingerprint density at radius 1 is 0.935 bits per heavy atom. The highest BCUT2D eigenvalue weighted by molar-refractivity contribution is 6.06. The maximum atomic E-state index is 12.7. The van der Waals surface area contributed by atoms with Crippen molar-refractivity contribution in [2.75, 3.05) is 37.8 Å². The van der Waals surface area contributed by atoms with Gasteiger partial charge in [0.05, 0.1) is 11.4 Å². The van der Waals surface area contributed by atoms with Crippen molar-refractivity contribution in [3.8, 4) is 0 Å². The van der Waals surface area contributed by atoms with E-state index in [-0.39, 0.29) is 5.91 Å². The molecule has 0 radical (unpaired) electrons. The van der Waals surface area contributed by atoms with Gasteiger partial charge in [-0.3, -0.25) is 10.1 Å². The quantitative estimate of drug-likeness (QED) is 0.520. The minimum atomic E-state index is -0.606. The largest absolute Gasteiger partial charge is 0.444 e. The molecule has 31 heavy (non-hydrogen) atoms. The Kier molecular flexibility index (Phi) is 9.03. The zero-order chi connectivity index (χ0) is 22.9. The maximum absolute atomic E-state index is 12.7. The molecule has 0 heterocycles. The lowest BCUT2D eigenvalue weighted by Gasteiger charge is -2.20. The molecule has 0 aromatic heterocycles. The van der Waals surface area contributed by atoms with Crippen molar-refractivity contribution >= 4 is 23.4 Å². The van der Waals surface area contributed by atoms with Crippen LogP contribution in [0.1, 0.15) is 43.1 Å². The number of hydrogen-bond acceptors (Lipinski definition) is 5. The highest BCUT2D eigenvalue weighted by Crippen LogP contribution is 2.23. The molecule has 2 aromatic carbocycles. The summed E-state index contributed by atoms with van der Waals surface area (Å²) in [5.74, 6) is -0.246. The van der Waals surface area contributed by atoms with Crippen molar-refractivity contribution in [2.24, 2.45) is 0 Å². The number of nitrogens with zero attached hydrogens (tertiary/aromatic N) is 1. The van der Waals surface area contributed by atoms with Gasteiger partial charge < -0.3 is 20.3 Å². The Morgan fingerprint density at radius 2 is 1.55 bits per heavy atom. The summed E-state index contributed by atoms with van der Waals surface area (Å²) in [5, 5.41) is 8.95. The number of para-hydroxylation sites is 2. The minimum absolute atomic E-state index is 0.246. The number of ether oxygens (including phenoxy) is 1. The van der Waals surface area contributed by atoms with Crippen molar-refractivity contribution in [1.29, 1.82) is 0 Å². The standard InChI is InChI=1S/C24H34N4O3/c1-24(2,3)31-23(30)27-21-10-7-6-9-20(21)26-22(29)19-13-11-18(12-14-19)17-25-15-8-16-28(4)5/h6-7,9-14,25H,8,15-17H2,1-5H3,(H,26,29)(H,27,30). The normalized spacial score (nSPS) is 11.3. The molecular weight excluding hydrogens is 392 g/mol. The van der Waals surface area contributed by atoms with Crippen molar-refractivity contribution in [1.82, 2.24) is 10.2 Å². The molecule has 2 amide bonds. The number of benzene rings is 2. The molecule has 7 heteroatoms. The summed E-state index contributed by atoms with van der Waals surface area (Å²) in [6, 6.07) is 14.5. The SMILES string of the molecule is CN(C)CCCNCc1ccc(C(=O)Nc2ccccc2NC(=O)OC(C)(C)C)cc1. The maximum Gasteiger partial charge on any atom is 0.412 e. The Bertz CT molecular complexity index is 858. The van der Waals surface area contributed by atoms with Gasteiger partial charge in [0.1, 0.15) is 5.60 Å². The first kappa shape index (κ1) is 24.4. The van der Waals surface area contributed by atoms with E-state index < -0.39 is 11.7 Å². The number of hydrogen-bond donors (Lipinski definition) is 3. The molecule has 0 fully saturated rings. The van der Waals surface area contributed by atoms with E-state index in [1.54, 1.807) is 57.2 Å². The summed E-state index contributed by atoms with van der Waals surface area (Å²) >= 11 is 0. The molecule has 168 valence electrons. The highest BCUT2D eigenvalue weighted by Gasteiger charge is 2.17. The van der Waals surface area contributed by atoms with Gasteiger partial charge in [-0.1, -0.05) is 24.3 Å². The number of amides is 2. The van der Waals surface area contributed by atoms with Crippen LogP contribution in [-0.2, 0) is 11.3 Å². The molecule has 0 aliphatic rings. The number of nitrogens with one attached hydrogen (secondary N) is 3. The Balaban J connectivity index is 1.92. The van der Waals surface area contributed by atoms with E-state index in [1.165, 1.54) is 0 Å². The third-order valence-corrected chi connectivity index (χ3v) is 4.32. The van der Waals surface area contributed by atoms with Gasteiger partial charge in [-0.25, -0.2) is 4.79 Å². The van der Waals surface area contributed by atoms with Gasteiger partial charge in [-0.15, -0.1) is 0 Å². The van der Waals surface area contributed by atoms with Crippen molar-refractivity contribution in [2.45, 2.75) is 39.3 Å². The molecule has 7 nitrogen and oxygen atoms in total. The van der Waals surface area contributed by atoms with E-state index in [1.807, 2.05) is 12.1 Å². The molecule has 0 spiro atoms. The lowest BCUT2D eigenvalue weighted by Crippen LogP contribution is -2.27. The zero-order valence-corrected chi connectivity index (χ0v) is 19.1. The predicted octanol–water partition coefficient (Wildman–Crippen LogP) is 4.33. The first-order valence-electron chi connectivity index (χ1n) is 10.5. The summed E-state index contributed by atoms with van der Waals surface area (Å²) in [6.07, 6.45) is 0.515. The fourth-order valence-electron chi connectivity index (χ4n) is 2.84. The first-order valence-corrected chi connectivity index (χ1v) is 10.5. The highest BCUT2D eigenvalue weighted by atomic mass is 16.6. The molecule has 0 aliphatic carbocycles. The molecule has 0 unspecified atom stereocenters. The molecule has 0 aliphatic heterocycles. The molecule has 3 N–H and O–H groups in total. The third kappa shape index (κ3) is 9.19. The second-order valence-electron chi connectivity index (χ2n) is 8.66. The molecule has 2 aromatic rings. The van der Waals surface area contributed by atoms with Gasteiger partial charge in [0.2, 0.25) is 0 Å². The summed E-state index contributed by atoms with van der Waals surface area (Å²) in [6.45, 7) is 8.14.